The Kier molecular flexibility index (Phi) is 5.20. The summed E-state index contributed by atoms with van der Waals surface area (Å²) >= 11 is 0. The van der Waals surface area contributed by atoms with Gasteiger partial charge in [-0.2, -0.15) is 0 Å². The Hall–Kier alpha value is -3.78. The van der Waals surface area contributed by atoms with E-state index in [9.17, 15) is 9.90 Å². The van der Waals surface area contributed by atoms with Gasteiger partial charge in [-0.3, -0.25) is 19.4 Å². The third kappa shape index (κ3) is 2.96. The van der Waals surface area contributed by atoms with Gasteiger partial charge in [0, 0.05) is 65.3 Å². The number of piperidine rings is 2. The Labute approximate surface area is 287 Å². The van der Waals surface area contributed by atoms with Gasteiger partial charge in [0.25, 0.3) is 5.91 Å². The first kappa shape index (κ1) is 28.0. The maximum absolute atomic E-state index is 15.5. The molecular weight excluding hydrogens is 608 g/mol. The number of hydrogen-bond acceptors (Lipinski definition) is 5. The third-order valence-corrected chi connectivity index (χ3v) is 15.6. The Morgan fingerprint density at radius 1 is 0.918 bits per heavy atom. The van der Waals surface area contributed by atoms with E-state index in [1.165, 1.54) is 27.8 Å². The number of anilines is 2. The van der Waals surface area contributed by atoms with Crippen LogP contribution in [-0.4, -0.2) is 83.2 Å². The van der Waals surface area contributed by atoms with Gasteiger partial charge in [0.2, 0.25) is 5.91 Å². The SMILES string of the molecule is C/C=C1/CN2[C@@H](C3C=C4[C@H]5C[C@@H]6N(CC[C@@]67c6ccccc6N(C3=O)[C@@H]47)C/C5=C/CO)C[C@]34c5ccccc5N5C(=O)C=C[C@H]([C@H]53)[C@H]1C[C@H]24. The zero-order valence-corrected chi connectivity index (χ0v) is 27.9. The van der Waals surface area contributed by atoms with Crippen LogP contribution in [0.1, 0.15) is 43.7 Å². The fraction of sp³-hybridized carbons (Fsp3) is 0.476. The molecule has 8 heterocycles. The second-order valence-corrected chi connectivity index (χ2v) is 16.7. The van der Waals surface area contributed by atoms with Crippen molar-refractivity contribution in [3.05, 3.63) is 107 Å². The van der Waals surface area contributed by atoms with Crippen LogP contribution >= 0.6 is 0 Å². The van der Waals surface area contributed by atoms with E-state index in [2.05, 4.69) is 99.4 Å². The molecule has 1 N–H and O–H groups in total. The topological polar surface area (TPSA) is 67.3 Å². The Morgan fingerprint density at radius 2 is 1.69 bits per heavy atom. The van der Waals surface area contributed by atoms with Crippen LogP contribution in [0.3, 0.4) is 0 Å². The molecule has 2 aliphatic carbocycles. The average Bonchev–Trinajstić information content (AvgIpc) is 3.86. The standard InChI is InChI=1S/C42H42N4O3/c1-2-23-22-44-34(20-42-31-8-4-5-9-32(31)45-37(48)12-11-25(38(42)45)26(23)19-36(42)44)29-17-28-27-18-35-41(14-15-43(35)21-24(27)13-16-47)30-7-3-6-10-33(30)46(39(28)41)40(29)49/h2-13,17,25-27,29,34-36,38-39,47H,14-16,18-22H2,1H3/b23-2-,24-13-/t25-,26-,27-,29?,34+,35-,36-,38-,39-,41+,42+/m0/s1. The van der Waals surface area contributed by atoms with E-state index in [1.807, 2.05) is 6.08 Å². The maximum Gasteiger partial charge on any atom is 0.250 e. The molecule has 12 rings (SSSR count). The van der Waals surface area contributed by atoms with E-state index in [1.54, 1.807) is 0 Å². The molecule has 2 spiro atoms. The van der Waals surface area contributed by atoms with Crippen LogP contribution in [-0.2, 0) is 20.4 Å². The van der Waals surface area contributed by atoms with E-state index in [-0.39, 0.29) is 71.2 Å². The minimum atomic E-state index is -0.273. The van der Waals surface area contributed by atoms with Gasteiger partial charge in [0.05, 0.1) is 24.6 Å². The summed E-state index contributed by atoms with van der Waals surface area (Å²) < 4.78 is 0. The molecular formula is C42H42N4O3. The van der Waals surface area contributed by atoms with Crippen LogP contribution in [0.5, 0.6) is 0 Å². The van der Waals surface area contributed by atoms with Gasteiger partial charge in [-0.25, -0.2) is 0 Å². The van der Waals surface area contributed by atoms with Crippen molar-refractivity contribution >= 4 is 23.2 Å². The molecule has 0 radical (unpaired) electrons. The minimum absolute atomic E-state index is 0.0324. The molecule has 248 valence electrons. The second-order valence-electron chi connectivity index (χ2n) is 16.7. The normalized spacial score (nSPS) is 44.8. The van der Waals surface area contributed by atoms with Gasteiger partial charge in [-0.05, 0) is 80.0 Å². The van der Waals surface area contributed by atoms with Crippen molar-refractivity contribution in [3.63, 3.8) is 0 Å². The summed E-state index contributed by atoms with van der Waals surface area (Å²) in [6, 6.07) is 18.3. The van der Waals surface area contributed by atoms with Crippen molar-refractivity contribution in [3.8, 4) is 0 Å². The summed E-state index contributed by atoms with van der Waals surface area (Å²) in [5.74, 6) is 1.02. The number of amides is 2. The van der Waals surface area contributed by atoms with Crippen molar-refractivity contribution in [1.29, 1.82) is 0 Å². The van der Waals surface area contributed by atoms with Crippen LogP contribution < -0.4 is 9.80 Å². The van der Waals surface area contributed by atoms with E-state index >= 15 is 4.79 Å². The minimum Gasteiger partial charge on any atom is -0.392 e. The van der Waals surface area contributed by atoms with Crippen LogP contribution in [0.25, 0.3) is 0 Å². The van der Waals surface area contributed by atoms with Crippen molar-refractivity contribution in [2.45, 2.75) is 73.6 Å². The molecule has 2 aromatic carbocycles. The highest BCUT2D eigenvalue weighted by Gasteiger charge is 2.73. The lowest BCUT2D eigenvalue weighted by molar-refractivity contribution is -0.124. The maximum atomic E-state index is 15.5. The number of fused-ring (bicyclic) bond motifs is 8. The predicted molar refractivity (Wildman–Crippen MR) is 187 cm³/mol. The molecule has 8 aliphatic heterocycles. The lowest BCUT2D eigenvalue weighted by Gasteiger charge is -2.57. The van der Waals surface area contributed by atoms with Gasteiger partial charge in [0.1, 0.15) is 0 Å². The van der Waals surface area contributed by atoms with Crippen molar-refractivity contribution in [2.75, 3.05) is 36.0 Å². The summed E-state index contributed by atoms with van der Waals surface area (Å²) in [6.07, 6.45) is 15.0. The quantitative estimate of drug-likeness (QED) is 0.486. The first-order valence-corrected chi connectivity index (χ1v) is 18.7. The first-order chi connectivity index (χ1) is 24.0. The molecule has 11 atom stereocenters. The molecule has 0 aromatic heterocycles. The molecule has 2 saturated carbocycles. The number of allylic oxidation sites excluding steroid dienone is 1. The molecule has 7 nitrogen and oxygen atoms in total. The number of hydrogen-bond donors (Lipinski definition) is 1. The predicted octanol–water partition coefficient (Wildman–Crippen LogP) is 4.48. The van der Waals surface area contributed by atoms with E-state index in [4.69, 9.17) is 0 Å². The highest BCUT2D eigenvalue weighted by molar-refractivity contribution is 6.06. The molecule has 4 bridgehead atoms. The molecule has 2 amide bonds. The van der Waals surface area contributed by atoms with Crippen LogP contribution in [0.15, 0.2) is 95.6 Å². The van der Waals surface area contributed by atoms with E-state index in [0.29, 0.717) is 12.0 Å². The number of aliphatic hydroxyl groups is 1. The Balaban J connectivity index is 1.07. The molecule has 4 saturated heterocycles. The van der Waals surface area contributed by atoms with Crippen LogP contribution in [0.2, 0.25) is 0 Å². The molecule has 49 heavy (non-hydrogen) atoms. The largest absolute Gasteiger partial charge is 0.392 e. The van der Waals surface area contributed by atoms with E-state index in [0.717, 1.165) is 56.7 Å². The van der Waals surface area contributed by atoms with Gasteiger partial charge >= 0.3 is 0 Å². The molecule has 7 heteroatoms. The highest BCUT2D eigenvalue weighted by atomic mass is 16.2. The molecule has 6 fully saturated rings. The summed E-state index contributed by atoms with van der Waals surface area (Å²) in [5.41, 5.74) is 8.81. The molecule has 1 unspecified atom stereocenters. The smallest absolute Gasteiger partial charge is 0.250 e. The Bertz CT molecular complexity index is 2030. The Morgan fingerprint density at radius 3 is 2.49 bits per heavy atom. The number of carbonyl (C=O) groups excluding carboxylic acids is 2. The van der Waals surface area contributed by atoms with Gasteiger partial charge < -0.3 is 14.9 Å². The summed E-state index contributed by atoms with van der Waals surface area (Å²) in [7, 11) is 0. The molecule has 2 aromatic rings. The number of rotatable bonds is 2. The number of benzene rings is 2. The highest BCUT2D eigenvalue weighted by Crippen LogP contribution is 2.68. The van der Waals surface area contributed by atoms with Gasteiger partial charge in [-0.1, -0.05) is 71.8 Å². The monoisotopic (exact) mass is 650 g/mol. The lowest BCUT2D eigenvalue weighted by Crippen LogP contribution is -2.66. The molecule has 10 aliphatic rings. The third-order valence-electron chi connectivity index (χ3n) is 15.6. The number of aliphatic hydroxyl groups excluding tert-OH is 1. The second kappa shape index (κ2) is 9.11. The summed E-state index contributed by atoms with van der Waals surface area (Å²) in [4.78, 5) is 39.1. The number of para-hydroxylation sites is 2. The zero-order chi connectivity index (χ0) is 32.6. The fourth-order valence-electron chi connectivity index (χ4n) is 14.1. The lowest BCUT2D eigenvalue weighted by atomic mass is 9.54. The summed E-state index contributed by atoms with van der Waals surface area (Å²) in [6.45, 7) is 5.06. The van der Waals surface area contributed by atoms with Crippen LogP contribution in [0, 0.1) is 23.7 Å². The first-order valence-electron chi connectivity index (χ1n) is 18.7. The van der Waals surface area contributed by atoms with E-state index < -0.39 is 0 Å². The van der Waals surface area contributed by atoms with Crippen molar-refractivity contribution in [2.24, 2.45) is 23.7 Å². The average molecular weight is 651 g/mol. The zero-order valence-electron chi connectivity index (χ0n) is 27.9. The van der Waals surface area contributed by atoms with Crippen LogP contribution in [0.4, 0.5) is 11.4 Å². The number of nitrogens with zero attached hydrogens (tertiary/aromatic N) is 4. The number of carbonyl (C=O) groups is 2. The van der Waals surface area contributed by atoms with Crippen molar-refractivity contribution < 1.29 is 14.7 Å². The van der Waals surface area contributed by atoms with Gasteiger partial charge in [0.15, 0.2) is 0 Å². The van der Waals surface area contributed by atoms with Gasteiger partial charge in [-0.15, -0.1) is 0 Å². The van der Waals surface area contributed by atoms with Crippen molar-refractivity contribution in [1.82, 2.24) is 9.80 Å². The summed E-state index contributed by atoms with van der Waals surface area (Å²) in [5, 5.41) is 10.2. The fourth-order valence-corrected chi connectivity index (χ4v) is 14.1.